The van der Waals surface area contributed by atoms with E-state index in [1.807, 2.05) is 13.8 Å². The molecule has 3 aliphatic heterocycles. The summed E-state index contributed by atoms with van der Waals surface area (Å²) in [7, 11) is 0. The zero-order valence-electron chi connectivity index (χ0n) is 14.8. The van der Waals surface area contributed by atoms with E-state index in [2.05, 4.69) is 15.1 Å². The molecule has 26 heavy (non-hydrogen) atoms. The first-order chi connectivity index (χ1) is 12.6. The topological polar surface area (TPSA) is 97.2 Å². The van der Waals surface area contributed by atoms with Gasteiger partial charge in [-0.25, -0.2) is 9.97 Å². The second-order valence-corrected chi connectivity index (χ2v) is 6.77. The maximum atomic E-state index is 12.9. The van der Waals surface area contributed by atoms with Crippen molar-refractivity contribution >= 4 is 17.5 Å². The molecular formula is C17H21N5O4. The van der Waals surface area contributed by atoms with Crippen molar-refractivity contribution in [2.45, 2.75) is 20.0 Å². The lowest BCUT2D eigenvalue weighted by Gasteiger charge is -2.27. The molecule has 2 atom stereocenters. The van der Waals surface area contributed by atoms with Crippen molar-refractivity contribution in [3.63, 3.8) is 0 Å². The maximum absolute atomic E-state index is 12.9. The summed E-state index contributed by atoms with van der Waals surface area (Å²) in [6.07, 6.45) is 1.12. The zero-order valence-corrected chi connectivity index (χ0v) is 14.8. The van der Waals surface area contributed by atoms with Crippen LogP contribution in [0.1, 0.15) is 21.7 Å². The Morgan fingerprint density at radius 1 is 1.08 bits per heavy atom. The number of carbonyl (C=O) groups excluding carboxylic acids is 2. The number of aryl methyl sites for hydroxylation is 1. The number of likely N-dealkylation sites (tertiary alicyclic amines) is 1. The van der Waals surface area contributed by atoms with E-state index in [1.54, 1.807) is 9.80 Å². The van der Waals surface area contributed by atoms with Crippen molar-refractivity contribution < 1.29 is 19.2 Å². The number of morpholine rings is 1. The third kappa shape index (κ3) is 2.82. The van der Waals surface area contributed by atoms with E-state index in [9.17, 15) is 9.59 Å². The average molecular weight is 359 g/mol. The standard InChI is InChI=1S/C17H21N5O4/c1-10-11(2)18-9-19-14(10)16(23)22-7-12-13(8-22)26-20-15(12)17(24)21-3-5-25-6-4-21/h9,12-13H,3-8H2,1-2H3/t12-,13+/m0/s1. The molecule has 9 nitrogen and oxygen atoms in total. The van der Waals surface area contributed by atoms with E-state index in [0.29, 0.717) is 50.8 Å². The number of amides is 2. The number of hydrogen-bond acceptors (Lipinski definition) is 7. The smallest absolute Gasteiger partial charge is 0.273 e. The molecular weight excluding hydrogens is 338 g/mol. The van der Waals surface area contributed by atoms with Crippen molar-refractivity contribution in [2.75, 3.05) is 39.4 Å². The zero-order chi connectivity index (χ0) is 18.3. The predicted molar refractivity (Wildman–Crippen MR) is 90.6 cm³/mol. The number of fused-ring (bicyclic) bond motifs is 1. The first-order valence-electron chi connectivity index (χ1n) is 8.74. The minimum atomic E-state index is -0.276. The number of aromatic nitrogens is 2. The summed E-state index contributed by atoms with van der Waals surface area (Å²) in [6.45, 7) is 6.66. The van der Waals surface area contributed by atoms with Gasteiger partial charge in [0.1, 0.15) is 12.0 Å². The molecule has 0 bridgehead atoms. The largest absolute Gasteiger partial charge is 0.389 e. The molecule has 9 heteroatoms. The normalized spacial score (nSPS) is 24.9. The van der Waals surface area contributed by atoms with Crippen LogP contribution in [0.25, 0.3) is 0 Å². The minimum Gasteiger partial charge on any atom is -0.389 e. The first kappa shape index (κ1) is 16.9. The fourth-order valence-electron chi connectivity index (χ4n) is 3.53. The Morgan fingerprint density at radius 2 is 1.85 bits per heavy atom. The van der Waals surface area contributed by atoms with Gasteiger partial charge < -0.3 is 19.4 Å². The summed E-state index contributed by atoms with van der Waals surface area (Å²) in [4.78, 5) is 42.7. The molecule has 0 spiro atoms. The Balaban J connectivity index is 1.48. The molecule has 0 aromatic carbocycles. The van der Waals surface area contributed by atoms with Crippen LogP contribution in [0.5, 0.6) is 0 Å². The van der Waals surface area contributed by atoms with Gasteiger partial charge in [0.2, 0.25) is 0 Å². The Hall–Kier alpha value is -2.55. The van der Waals surface area contributed by atoms with Gasteiger partial charge >= 0.3 is 0 Å². The van der Waals surface area contributed by atoms with Gasteiger partial charge in [-0.2, -0.15) is 0 Å². The van der Waals surface area contributed by atoms with Crippen molar-refractivity contribution in [2.24, 2.45) is 11.1 Å². The summed E-state index contributed by atoms with van der Waals surface area (Å²) in [6, 6.07) is 0. The van der Waals surface area contributed by atoms with Gasteiger partial charge in [0, 0.05) is 30.9 Å². The SMILES string of the molecule is Cc1ncnc(C(=O)N2C[C@@H]3C(C(=O)N4CCOCC4)=NO[C@@H]3C2)c1C. The molecule has 138 valence electrons. The van der Waals surface area contributed by atoms with Crippen molar-refractivity contribution in [3.8, 4) is 0 Å². The lowest BCUT2D eigenvalue weighted by molar-refractivity contribution is -0.128. The minimum absolute atomic E-state index is 0.121. The highest BCUT2D eigenvalue weighted by atomic mass is 16.6. The molecule has 0 radical (unpaired) electrons. The maximum Gasteiger partial charge on any atom is 0.273 e. The number of nitrogens with zero attached hydrogens (tertiary/aromatic N) is 5. The third-order valence-corrected chi connectivity index (χ3v) is 5.25. The van der Waals surface area contributed by atoms with Crippen LogP contribution in [0.2, 0.25) is 0 Å². The second kappa shape index (κ2) is 6.64. The van der Waals surface area contributed by atoms with Crippen LogP contribution < -0.4 is 0 Å². The quantitative estimate of drug-likeness (QED) is 0.724. The van der Waals surface area contributed by atoms with Crippen LogP contribution in [0.3, 0.4) is 0 Å². The molecule has 2 fully saturated rings. The van der Waals surface area contributed by atoms with Crippen molar-refractivity contribution in [3.05, 3.63) is 23.3 Å². The highest BCUT2D eigenvalue weighted by Gasteiger charge is 2.47. The Kier molecular flexibility index (Phi) is 4.31. The summed E-state index contributed by atoms with van der Waals surface area (Å²) in [5.74, 6) is -0.481. The lowest BCUT2D eigenvalue weighted by atomic mass is 10.00. The molecule has 4 rings (SSSR count). The summed E-state index contributed by atoms with van der Waals surface area (Å²) < 4.78 is 5.29. The first-order valence-corrected chi connectivity index (χ1v) is 8.74. The summed E-state index contributed by atoms with van der Waals surface area (Å²) in [5.41, 5.74) is 2.36. The van der Waals surface area contributed by atoms with Crippen LogP contribution >= 0.6 is 0 Å². The Labute approximate surface area is 151 Å². The van der Waals surface area contributed by atoms with Crippen LogP contribution in [0.4, 0.5) is 0 Å². The highest BCUT2D eigenvalue weighted by molar-refractivity contribution is 6.40. The van der Waals surface area contributed by atoms with Crippen LogP contribution in [-0.4, -0.2) is 82.8 Å². The van der Waals surface area contributed by atoms with Gasteiger partial charge in [0.05, 0.1) is 25.7 Å². The monoisotopic (exact) mass is 359 g/mol. The van der Waals surface area contributed by atoms with Gasteiger partial charge in [-0.15, -0.1) is 0 Å². The van der Waals surface area contributed by atoms with E-state index in [4.69, 9.17) is 9.57 Å². The second-order valence-electron chi connectivity index (χ2n) is 6.77. The van der Waals surface area contributed by atoms with Gasteiger partial charge in [-0.3, -0.25) is 9.59 Å². The lowest BCUT2D eigenvalue weighted by Crippen LogP contribution is -2.46. The molecule has 0 saturated carbocycles. The van der Waals surface area contributed by atoms with E-state index < -0.39 is 0 Å². The molecule has 4 heterocycles. The number of rotatable bonds is 2. The number of carbonyl (C=O) groups is 2. The molecule has 2 saturated heterocycles. The summed E-state index contributed by atoms with van der Waals surface area (Å²) in [5, 5.41) is 4.01. The van der Waals surface area contributed by atoms with E-state index in [1.165, 1.54) is 6.33 Å². The third-order valence-electron chi connectivity index (χ3n) is 5.25. The number of hydrogen-bond donors (Lipinski definition) is 0. The summed E-state index contributed by atoms with van der Waals surface area (Å²) >= 11 is 0. The molecule has 1 aromatic heterocycles. The van der Waals surface area contributed by atoms with Crippen LogP contribution in [0, 0.1) is 19.8 Å². The van der Waals surface area contributed by atoms with Crippen molar-refractivity contribution in [1.29, 1.82) is 0 Å². The van der Waals surface area contributed by atoms with E-state index >= 15 is 0 Å². The van der Waals surface area contributed by atoms with E-state index in [-0.39, 0.29) is 23.8 Å². The molecule has 0 N–H and O–H groups in total. The van der Waals surface area contributed by atoms with Gasteiger partial charge in [0.15, 0.2) is 11.8 Å². The van der Waals surface area contributed by atoms with Gasteiger partial charge in [-0.05, 0) is 13.8 Å². The van der Waals surface area contributed by atoms with Crippen LogP contribution in [0.15, 0.2) is 11.5 Å². The van der Waals surface area contributed by atoms with E-state index in [0.717, 1.165) is 11.3 Å². The molecule has 0 aliphatic carbocycles. The van der Waals surface area contributed by atoms with Crippen molar-refractivity contribution in [1.82, 2.24) is 19.8 Å². The van der Waals surface area contributed by atoms with Crippen LogP contribution in [-0.2, 0) is 14.4 Å². The molecule has 0 unspecified atom stereocenters. The molecule has 3 aliphatic rings. The highest BCUT2D eigenvalue weighted by Crippen LogP contribution is 2.29. The van der Waals surface area contributed by atoms with Gasteiger partial charge in [-0.1, -0.05) is 5.16 Å². The fourth-order valence-corrected chi connectivity index (χ4v) is 3.53. The fraction of sp³-hybridized carbons (Fsp3) is 0.588. The molecule has 1 aromatic rings. The Morgan fingerprint density at radius 3 is 2.62 bits per heavy atom. The molecule has 2 amide bonds. The number of oxime groups is 1. The number of ether oxygens (including phenoxy) is 1. The van der Waals surface area contributed by atoms with Gasteiger partial charge in [0.25, 0.3) is 11.8 Å². The Bertz CT molecular complexity index is 774. The predicted octanol–water partition coefficient (Wildman–Crippen LogP) is -0.221. The average Bonchev–Trinajstić information content (AvgIpc) is 3.24.